The molecule has 16 heavy (non-hydrogen) atoms. The monoisotopic (exact) mass is 224 g/mol. The van der Waals surface area contributed by atoms with Crippen LogP contribution in [0, 0.1) is 6.92 Å². The SMILES string of the molecule is Cc1oncc1C(=O)N1CCC[C@@H]1C(=O)O. The summed E-state index contributed by atoms with van der Waals surface area (Å²) in [5.41, 5.74) is 0.341. The van der Waals surface area contributed by atoms with Crippen LogP contribution in [0.5, 0.6) is 0 Å². The zero-order valence-corrected chi connectivity index (χ0v) is 8.84. The molecule has 1 atom stereocenters. The number of carboxylic acids is 1. The first-order valence-corrected chi connectivity index (χ1v) is 5.06. The van der Waals surface area contributed by atoms with Crippen molar-refractivity contribution in [3.8, 4) is 0 Å². The van der Waals surface area contributed by atoms with E-state index in [-0.39, 0.29) is 5.91 Å². The molecule has 0 aliphatic carbocycles. The van der Waals surface area contributed by atoms with Crippen LogP contribution in [0.2, 0.25) is 0 Å². The van der Waals surface area contributed by atoms with Crippen molar-refractivity contribution < 1.29 is 19.2 Å². The quantitative estimate of drug-likeness (QED) is 0.798. The van der Waals surface area contributed by atoms with Gasteiger partial charge in [-0.15, -0.1) is 0 Å². The van der Waals surface area contributed by atoms with Gasteiger partial charge < -0.3 is 14.5 Å². The van der Waals surface area contributed by atoms with Gasteiger partial charge in [-0.3, -0.25) is 4.79 Å². The van der Waals surface area contributed by atoms with Gasteiger partial charge >= 0.3 is 5.97 Å². The molecule has 1 N–H and O–H groups in total. The lowest BCUT2D eigenvalue weighted by Gasteiger charge is -2.20. The van der Waals surface area contributed by atoms with Crippen LogP contribution in [0.3, 0.4) is 0 Å². The molecule has 1 aliphatic heterocycles. The van der Waals surface area contributed by atoms with Crippen LogP contribution in [0.4, 0.5) is 0 Å². The minimum atomic E-state index is -0.958. The van der Waals surface area contributed by atoms with Crippen LogP contribution in [0.25, 0.3) is 0 Å². The van der Waals surface area contributed by atoms with Gasteiger partial charge in [-0.2, -0.15) is 0 Å². The number of carboxylic acid groups (broad SMARTS) is 1. The van der Waals surface area contributed by atoms with Gasteiger partial charge in [-0.25, -0.2) is 4.79 Å². The summed E-state index contributed by atoms with van der Waals surface area (Å²) >= 11 is 0. The first-order valence-electron chi connectivity index (χ1n) is 5.06. The van der Waals surface area contributed by atoms with E-state index in [9.17, 15) is 9.59 Å². The smallest absolute Gasteiger partial charge is 0.326 e. The van der Waals surface area contributed by atoms with E-state index in [4.69, 9.17) is 9.63 Å². The highest BCUT2D eigenvalue weighted by Crippen LogP contribution is 2.21. The second kappa shape index (κ2) is 3.96. The maximum Gasteiger partial charge on any atom is 0.326 e. The third-order valence-corrected chi connectivity index (χ3v) is 2.78. The zero-order valence-electron chi connectivity index (χ0n) is 8.84. The molecule has 6 nitrogen and oxygen atoms in total. The molecule has 2 rings (SSSR count). The summed E-state index contributed by atoms with van der Waals surface area (Å²) in [5, 5.41) is 12.5. The van der Waals surface area contributed by atoms with Crippen molar-refractivity contribution in [3.05, 3.63) is 17.5 Å². The number of carbonyl (C=O) groups excluding carboxylic acids is 1. The van der Waals surface area contributed by atoms with Gasteiger partial charge in [0, 0.05) is 6.54 Å². The summed E-state index contributed by atoms with van der Waals surface area (Å²) < 4.78 is 4.80. The number of aryl methyl sites for hydroxylation is 1. The van der Waals surface area contributed by atoms with Crippen molar-refractivity contribution in [1.82, 2.24) is 10.1 Å². The van der Waals surface area contributed by atoms with Gasteiger partial charge in [0.2, 0.25) is 0 Å². The normalized spacial score (nSPS) is 20.1. The standard InChI is InChI=1S/C10H12N2O4/c1-6-7(5-11-16-6)9(13)12-4-2-3-8(12)10(14)15/h5,8H,2-4H2,1H3,(H,14,15)/t8-/m1/s1. The largest absolute Gasteiger partial charge is 0.480 e. The highest BCUT2D eigenvalue weighted by molar-refractivity contribution is 5.97. The van der Waals surface area contributed by atoms with Crippen molar-refractivity contribution in [2.24, 2.45) is 0 Å². The maximum absolute atomic E-state index is 12.0. The van der Waals surface area contributed by atoms with Crippen LogP contribution in [0.1, 0.15) is 29.0 Å². The second-order valence-corrected chi connectivity index (χ2v) is 3.79. The van der Waals surface area contributed by atoms with Crippen LogP contribution < -0.4 is 0 Å². The van der Waals surface area contributed by atoms with Crippen molar-refractivity contribution in [1.29, 1.82) is 0 Å². The topological polar surface area (TPSA) is 83.6 Å². The highest BCUT2D eigenvalue weighted by Gasteiger charge is 2.35. The zero-order chi connectivity index (χ0) is 11.7. The number of likely N-dealkylation sites (tertiary alicyclic amines) is 1. The van der Waals surface area contributed by atoms with E-state index in [0.29, 0.717) is 30.7 Å². The Labute approximate surface area is 91.8 Å². The van der Waals surface area contributed by atoms with E-state index in [1.807, 2.05) is 0 Å². The summed E-state index contributed by atoms with van der Waals surface area (Å²) in [7, 11) is 0. The fourth-order valence-electron chi connectivity index (χ4n) is 1.93. The fourth-order valence-corrected chi connectivity index (χ4v) is 1.93. The van der Waals surface area contributed by atoms with Gasteiger partial charge in [0.15, 0.2) is 0 Å². The van der Waals surface area contributed by atoms with Crippen LogP contribution in [-0.2, 0) is 4.79 Å². The average molecular weight is 224 g/mol. The maximum atomic E-state index is 12.0. The number of carbonyl (C=O) groups is 2. The van der Waals surface area contributed by atoms with Crippen LogP contribution in [-0.4, -0.2) is 39.6 Å². The first kappa shape index (κ1) is 10.7. The van der Waals surface area contributed by atoms with Crippen molar-refractivity contribution in [2.45, 2.75) is 25.8 Å². The fraction of sp³-hybridized carbons (Fsp3) is 0.500. The minimum Gasteiger partial charge on any atom is -0.480 e. The molecule has 0 bridgehead atoms. The van der Waals surface area contributed by atoms with E-state index in [1.54, 1.807) is 6.92 Å². The molecule has 0 radical (unpaired) electrons. The molecule has 0 aromatic carbocycles. The lowest BCUT2D eigenvalue weighted by atomic mass is 10.2. The van der Waals surface area contributed by atoms with Crippen molar-refractivity contribution in [2.75, 3.05) is 6.54 Å². The Morgan fingerprint density at radius 3 is 2.94 bits per heavy atom. The molecule has 1 aliphatic rings. The Hall–Kier alpha value is -1.85. The molecule has 1 aromatic rings. The predicted octanol–water partition coefficient (Wildman–Crippen LogP) is 0.672. The number of rotatable bonds is 2. The molecular formula is C10H12N2O4. The number of aliphatic carboxylic acids is 1. The molecule has 0 spiro atoms. The molecule has 1 amide bonds. The van der Waals surface area contributed by atoms with Gasteiger partial charge in [0.1, 0.15) is 17.4 Å². The van der Waals surface area contributed by atoms with Gasteiger partial charge in [-0.1, -0.05) is 5.16 Å². The highest BCUT2D eigenvalue weighted by atomic mass is 16.5. The third kappa shape index (κ3) is 1.66. The van der Waals surface area contributed by atoms with E-state index in [2.05, 4.69) is 5.16 Å². The predicted molar refractivity (Wildman–Crippen MR) is 52.9 cm³/mol. The van der Waals surface area contributed by atoms with E-state index < -0.39 is 12.0 Å². The van der Waals surface area contributed by atoms with Crippen molar-refractivity contribution >= 4 is 11.9 Å². The Bertz CT molecular complexity index is 426. The number of nitrogens with zero attached hydrogens (tertiary/aromatic N) is 2. The molecule has 2 heterocycles. The Kier molecular flexibility index (Phi) is 2.64. The third-order valence-electron chi connectivity index (χ3n) is 2.78. The van der Waals surface area contributed by atoms with Crippen molar-refractivity contribution in [3.63, 3.8) is 0 Å². The summed E-state index contributed by atoms with van der Waals surface area (Å²) in [5.74, 6) is -0.857. The summed E-state index contributed by atoms with van der Waals surface area (Å²) in [6, 6.07) is -0.721. The summed E-state index contributed by atoms with van der Waals surface area (Å²) in [4.78, 5) is 24.3. The molecule has 6 heteroatoms. The molecule has 86 valence electrons. The number of aromatic nitrogens is 1. The molecule has 1 fully saturated rings. The second-order valence-electron chi connectivity index (χ2n) is 3.79. The summed E-state index contributed by atoms with van der Waals surface area (Å²) in [6.07, 6.45) is 2.55. The summed E-state index contributed by atoms with van der Waals surface area (Å²) in [6.45, 7) is 2.10. The van der Waals surface area contributed by atoms with Gasteiger partial charge in [-0.05, 0) is 19.8 Å². The average Bonchev–Trinajstić information content (AvgIpc) is 2.84. The number of hydrogen-bond donors (Lipinski definition) is 1. The molecule has 1 aromatic heterocycles. The van der Waals surface area contributed by atoms with Gasteiger partial charge in [0.25, 0.3) is 5.91 Å². The molecule has 1 saturated heterocycles. The molecule has 0 unspecified atom stereocenters. The minimum absolute atomic E-state index is 0.316. The Morgan fingerprint density at radius 1 is 1.62 bits per heavy atom. The lowest BCUT2D eigenvalue weighted by molar-refractivity contribution is -0.141. The van der Waals surface area contributed by atoms with E-state index in [1.165, 1.54) is 11.1 Å². The number of hydrogen-bond acceptors (Lipinski definition) is 4. The lowest BCUT2D eigenvalue weighted by Crippen LogP contribution is -2.40. The van der Waals surface area contributed by atoms with E-state index >= 15 is 0 Å². The first-order chi connectivity index (χ1) is 7.61. The van der Waals surface area contributed by atoms with Crippen LogP contribution in [0.15, 0.2) is 10.7 Å². The molecule has 0 saturated carbocycles. The Balaban J connectivity index is 2.22. The Morgan fingerprint density at radius 2 is 2.38 bits per heavy atom. The molecular weight excluding hydrogens is 212 g/mol. The van der Waals surface area contributed by atoms with Gasteiger partial charge in [0.05, 0.1) is 6.20 Å². The van der Waals surface area contributed by atoms with Crippen LogP contribution >= 0.6 is 0 Å². The van der Waals surface area contributed by atoms with E-state index in [0.717, 1.165) is 0 Å². The number of amides is 1.